The minimum Gasteiger partial charge on any atom is -0.485 e. The van der Waals surface area contributed by atoms with Gasteiger partial charge < -0.3 is 9.72 Å². The van der Waals surface area contributed by atoms with Gasteiger partial charge in [0.1, 0.15) is 5.75 Å². The van der Waals surface area contributed by atoms with Gasteiger partial charge in [-0.05, 0) is 24.6 Å². The van der Waals surface area contributed by atoms with Crippen LogP contribution in [0.25, 0.3) is 10.9 Å². The number of hydrogen-bond acceptors (Lipinski definition) is 1. The molecule has 1 heterocycles. The van der Waals surface area contributed by atoms with Crippen molar-refractivity contribution >= 4 is 22.5 Å². The van der Waals surface area contributed by atoms with E-state index in [1.807, 2.05) is 6.92 Å². The lowest BCUT2D eigenvalue weighted by Gasteiger charge is -2.11. The Balaban J connectivity index is 2.36. The van der Waals surface area contributed by atoms with Crippen molar-refractivity contribution in [1.82, 2.24) is 4.98 Å². The van der Waals surface area contributed by atoms with Crippen LogP contribution in [0.4, 0.5) is 8.78 Å². The fourth-order valence-electron chi connectivity index (χ4n) is 1.72. The minimum atomic E-state index is -2.84. The summed E-state index contributed by atoms with van der Waals surface area (Å²) in [5.41, 5.74) is 1.67. The topological polar surface area (TPSA) is 25.0 Å². The molecule has 2 rings (SSSR count). The van der Waals surface area contributed by atoms with E-state index in [0.717, 1.165) is 23.4 Å². The number of alkyl halides is 2. The van der Waals surface area contributed by atoms with E-state index in [9.17, 15) is 8.78 Å². The molecule has 17 heavy (non-hydrogen) atoms. The van der Waals surface area contributed by atoms with Gasteiger partial charge in [0.15, 0.2) is 6.61 Å². The molecule has 1 aromatic carbocycles. The summed E-state index contributed by atoms with van der Waals surface area (Å²) in [5, 5.41) is 1.39. The summed E-state index contributed by atoms with van der Waals surface area (Å²) >= 11 is 5.90. The summed E-state index contributed by atoms with van der Waals surface area (Å²) in [6.45, 7) is 2.05. The number of ether oxygens (including phenoxy) is 1. The average molecular weight is 260 g/mol. The van der Waals surface area contributed by atoms with Crippen molar-refractivity contribution in [1.29, 1.82) is 0 Å². The van der Waals surface area contributed by atoms with E-state index in [0.29, 0.717) is 10.8 Å². The second-order valence-electron chi connectivity index (χ2n) is 4.16. The third-order valence-corrected chi connectivity index (χ3v) is 2.60. The first kappa shape index (κ1) is 12.2. The number of H-pyrrole nitrogens is 1. The number of hydrogen-bond donors (Lipinski definition) is 1. The fraction of sp³-hybridized carbons (Fsp3) is 0.333. The van der Waals surface area contributed by atoms with E-state index < -0.39 is 12.5 Å². The van der Waals surface area contributed by atoms with E-state index in [1.165, 1.54) is 0 Å². The molecule has 0 spiro atoms. The van der Waals surface area contributed by atoms with Crippen molar-refractivity contribution in [3.05, 3.63) is 28.9 Å². The number of aromatic nitrogens is 1. The van der Waals surface area contributed by atoms with Gasteiger partial charge in [0.25, 0.3) is 5.92 Å². The van der Waals surface area contributed by atoms with Crippen LogP contribution in [0.3, 0.4) is 0 Å². The van der Waals surface area contributed by atoms with Crippen LogP contribution in [0.5, 0.6) is 5.75 Å². The Morgan fingerprint density at radius 3 is 2.76 bits per heavy atom. The van der Waals surface area contributed by atoms with Gasteiger partial charge in [-0.15, -0.1) is 0 Å². The van der Waals surface area contributed by atoms with Gasteiger partial charge >= 0.3 is 0 Å². The fourth-order valence-corrected chi connectivity index (χ4v) is 1.99. The third kappa shape index (κ3) is 2.69. The Morgan fingerprint density at radius 1 is 1.41 bits per heavy atom. The quantitative estimate of drug-likeness (QED) is 0.879. The van der Waals surface area contributed by atoms with Crippen molar-refractivity contribution in [2.75, 3.05) is 6.61 Å². The van der Waals surface area contributed by atoms with Crippen molar-refractivity contribution in [3.8, 4) is 5.75 Å². The molecular formula is C12H12ClF2NO. The highest BCUT2D eigenvalue weighted by Gasteiger charge is 2.23. The molecule has 1 N–H and O–H groups in total. The Hall–Kier alpha value is -1.29. The van der Waals surface area contributed by atoms with Crippen molar-refractivity contribution in [2.24, 2.45) is 0 Å². The smallest absolute Gasteiger partial charge is 0.278 e. The lowest BCUT2D eigenvalue weighted by Crippen LogP contribution is -2.20. The number of rotatable bonds is 3. The lowest BCUT2D eigenvalue weighted by molar-refractivity contribution is -0.0225. The largest absolute Gasteiger partial charge is 0.485 e. The Morgan fingerprint density at radius 2 is 2.12 bits per heavy atom. The molecule has 0 aliphatic heterocycles. The molecule has 2 aromatic rings. The normalized spacial score (nSPS) is 12.1. The Labute approximate surface area is 103 Å². The molecule has 0 saturated heterocycles. The zero-order valence-electron chi connectivity index (χ0n) is 9.48. The average Bonchev–Trinajstić information content (AvgIpc) is 2.56. The molecule has 2 nitrogen and oxygen atoms in total. The molecule has 0 radical (unpaired) electrons. The summed E-state index contributed by atoms with van der Waals surface area (Å²) in [5.74, 6) is -2.42. The summed E-state index contributed by atoms with van der Waals surface area (Å²) in [7, 11) is 0. The molecule has 0 amide bonds. The number of benzene rings is 1. The van der Waals surface area contributed by atoms with E-state index in [4.69, 9.17) is 16.3 Å². The maximum Gasteiger partial charge on any atom is 0.278 e. The van der Waals surface area contributed by atoms with Gasteiger partial charge in [-0.3, -0.25) is 0 Å². The van der Waals surface area contributed by atoms with Crippen LogP contribution in [0.2, 0.25) is 5.02 Å². The first-order valence-electron chi connectivity index (χ1n) is 5.15. The van der Waals surface area contributed by atoms with Gasteiger partial charge in [0.2, 0.25) is 0 Å². The highest BCUT2D eigenvalue weighted by molar-refractivity contribution is 6.31. The second-order valence-corrected chi connectivity index (χ2v) is 4.59. The van der Waals surface area contributed by atoms with Gasteiger partial charge in [-0.2, -0.15) is 0 Å². The summed E-state index contributed by atoms with van der Waals surface area (Å²) < 4.78 is 30.6. The first-order valence-corrected chi connectivity index (χ1v) is 5.52. The van der Waals surface area contributed by atoms with Crippen LogP contribution >= 0.6 is 11.6 Å². The molecule has 92 valence electrons. The first-order chi connectivity index (χ1) is 7.87. The molecule has 0 aliphatic carbocycles. The molecule has 0 bridgehead atoms. The molecule has 0 saturated carbocycles. The number of nitrogens with one attached hydrogen (secondary N) is 1. The van der Waals surface area contributed by atoms with Crippen molar-refractivity contribution in [2.45, 2.75) is 19.8 Å². The second kappa shape index (κ2) is 4.18. The number of aryl methyl sites for hydroxylation is 1. The number of halogens is 3. The molecule has 0 unspecified atom stereocenters. The third-order valence-electron chi connectivity index (χ3n) is 2.39. The number of aromatic amines is 1. The monoisotopic (exact) mass is 259 g/mol. The lowest BCUT2D eigenvalue weighted by atomic mass is 10.1. The van der Waals surface area contributed by atoms with Crippen LogP contribution in [-0.4, -0.2) is 17.5 Å². The van der Waals surface area contributed by atoms with Crippen LogP contribution < -0.4 is 4.74 Å². The summed E-state index contributed by atoms with van der Waals surface area (Å²) in [4.78, 5) is 2.95. The molecule has 1 aromatic heterocycles. The standard InChI is InChI=1S/C12H12ClF2NO/c1-7-3-8(13)4-9-11(7)10(5-16-9)17-6-12(2,14)15/h3-5,16H,6H2,1-2H3. The van der Waals surface area contributed by atoms with Gasteiger partial charge in [-0.25, -0.2) is 8.78 Å². The molecule has 0 aliphatic rings. The molecule has 0 fully saturated rings. The molecule has 5 heteroatoms. The zero-order chi connectivity index (χ0) is 12.6. The van der Waals surface area contributed by atoms with Crippen molar-refractivity contribution in [3.63, 3.8) is 0 Å². The maximum atomic E-state index is 12.7. The molecular weight excluding hydrogens is 248 g/mol. The predicted octanol–water partition coefficient (Wildman–Crippen LogP) is 4.16. The van der Waals surface area contributed by atoms with Gasteiger partial charge in [0.05, 0.1) is 5.52 Å². The number of fused-ring (bicyclic) bond motifs is 1. The van der Waals surface area contributed by atoms with E-state index in [2.05, 4.69) is 4.98 Å². The van der Waals surface area contributed by atoms with Crippen LogP contribution in [-0.2, 0) is 0 Å². The van der Waals surface area contributed by atoms with Crippen LogP contribution in [0.1, 0.15) is 12.5 Å². The Kier molecular flexibility index (Phi) is 3.00. The SMILES string of the molecule is Cc1cc(Cl)cc2[nH]cc(OCC(C)(F)F)c12. The van der Waals surface area contributed by atoms with Crippen molar-refractivity contribution < 1.29 is 13.5 Å². The summed E-state index contributed by atoms with van der Waals surface area (Å²) in [6.07, 6.45) is 1.57. The van der Waals surface area contributed by atoms with E-state index >= 15 is 0 Å². The maximum absolute atomic E-state index is 12.7. The van der Waals surface area contributed by atoms with Crippen LogP contribution in [0, 0.1) is 6.92 Å². The zero-order valence-corrected chi connectivity index (χ0v) is 10.2. The highest BCUT2D eigenvalue weighted by atomic mass is 35.5. The van der Waals surface area contributed by atoms with Gasteiger partial charge in [-0.1, -0.05) is 11.6 Å². The summed E-state index contributed by atoms with van der Waals surface area (Å²) in [6, 6.07) is 3.51. The van der Waals surface area contributed by atoms with Gasteiger partial charge in [0, 0.05) is 23.5 Å². The minimum absolute atomic E-state index is 0.427. The van der Waals surface area contributed by atoms with E-state index in [-0.39, 0.29) is 0 Å². The van der Waals surface area contributed by atoms with Crippen LogP contribution in [0.15, 0.2) is 18.3 Å². The van der Waals surface area contributed by atoms with E-state index in [1.54, 1.807) is 18.3 Å². The predicted molar refractivity (Wildman–Crippen MR) is 64.2 cm³/mol. The molecule has 0 atom stereocenters. The highest BCUT2D eigenvalue weighted by Crippen LogP contribution is 2.31. The Bertz CT molecular complexity index is 545.